The van der Waals surface area contributed by atoms with Crippen LogP contribution in [0.15, 0.2) is 35.6 Å². The molecular weight excluding hydrogens is 678 g/mol. The number of ether oxygens (including phenoxy) is 2. The van der Waals surface area contributed by atoms with E-state index in [0.29, 0.717) is 23.2 Å². The number of sulfone groups is 1. The Bertz CT molecular complexity index is 1480. The molecular formula is C33H44BrN3O8S. The number of Topliss-reactive ketones (excluding diaryl/α,β-unsaturated/α-hetero) is 1. The average molecular weight is 723 g/mol. The van der Waals surface area contributed by atoms with Crippen molar-refractivity contribution in [2.24, 2.45) is 17.3 Å². The summed E-state index contributed by atoms with van der Waals surface area (Å²) >= 11 is 3.33. The normalized spacial score (nSPS) is 27.1. The van der Waals surface area contributed by atoms with Gasteiger partial charge in [-0.3, -0.25) is 19.2 Å². The van der Waals surface area contributed by atoms with Gasteiger partial charge in [-0.2, -0.15) is 0 Å². The van der Waals surface area contributed by atoms with Gasteiger partial charge in [0.25, 0.3) is 0 Å². The molecule has 252 valence electrons. The summed E-state index contributed by atoms with van der Waals surface area (Å²) in [5, 5.41) is 2.35. The average Bonchev–Trinajstić information content (AvgIpc) is 3.85. The predicted molar refractivity (Wildman–Crippen MR) is 173 cm³/mol. The SMILES string of the molecule is C=C[C@@H]1C[C@]1(NC(=O)[C@@H]1C[C@@H](Oc2ccnc(Br)c2)CN1C(=O)[C@@H](CC(=O)OC1CCCC1)C(C)(C)C)C(=O)CS(=O)(=O)C1CC1. The highest BCUT2D eigenvalue weighted by molar-refractivity contribution is 9.10. The Morgan fingerprint density at radius 1 is 1.17 bits per heavy atom. The lowest BCUT2D eigenvalue weighted by Crippen LogP contribution is -2.55. The number of halogens is 1. The Morgan fingerprint density at radius 3 is 2.46 bits per heavy atom. The van der Waals surface area contributed by atoms with E-state index in [9.17, 15) is 27.6 Å². The summed E-state index contributed by atoms with van der Waals surface area (Å²) in [6.07, 6.45) is 7.36. The number of amides is 2. The fraction of sp³-hybridized carbons (Fsp3) is 0.667. The van der Waals surface area contributed by atoms with Crippen molar-refractivity contribution in [3.05, 3.63) is 35.6 Å². The smallest absolute Gasteiger partial charge is 0.306 e. The van der Waals surface area contributed by atoms with E-state index in [1.807, 2.05) is 20.8 Å². The minimum absolute atomic E-state index is 0.0724. The van der Waals surface area contributed by atoms with Crippen molar-refractivity contribution in [1.29, 1.82) is 0 Å². The standard InChI is InChI=1S/C33H44BrN3O8S/c1-5-20-17-33(20,27(38)19-46(42,43)24-10-11-24)36-30(40)26-14-23(44-22-12-13-35-28(34)15-22)18-37(26)31(41)25(32(2,3)4)16-29(39)45-21-8-6-7-9-21/h5,12-13,15,20-21,23-26H,1,6-11,14,16-19H2,2-4H3,(H,36,40)/t20-,23-,25-,26+,33-/m1/s1. The second-order valence-corrected chi connectivity index (χ2v) is 17.3. The van der Waals surface area contributed by atoms with E-state index >= 15 is 0 Å². The molecule has 0 bridgehead atoms. The van der Waals surface area contributed by atoms with Gasteiger partial charge in [0, 0.05) is 24.6 Å². The lowest BCUT2D eigenvalue weighted by atomic mass is 9.77. The van der Waals surface area contributed by atoms with Crippen LogP contribution in [-0.2, 0) is 33.8 Å². The second-order valence-electron chi connectivity index (χ2n) is 14.3. The summed E-state index contributed by atoms with van der Waals surface area (Å²) in [5.41, 5.74) is -2.03. The van der Waals surface area contributed by atoms with Crippen molar-refractivity contribution < 1.29 is 37.1 Å². The zero-order valence-corrected chi connectivity index (χ0v) is 29.1. The lowest BCUT2D eigenvalue weighted by Gasteiger charge is -2.35. The highest BCUT2D eigenvalue weighted by atomic mass is 79.9. The second kappa shape index (κ2) is 13.4. The van der Waals surface area contributed by atoms with Gasteiger partial charge in [-0.15, -0.1) is 6.58 Å². The topological polar surface area (TPSA) is 149 Å². The van der Waals surface area contributed by atoms with Crippen molar-refractivity contribution in [2.45, 2.75) is 108 Å². The molecule has 2 heterocycles. The molecule has 0 aromatic carbocycles. The molecule has 46 heavy (non-hydrogen) atoms. The van der Waals surface area contributed by atoms with E-state index in [2.05, 4.69) is 32.8 Å². The summed E-state index contributed by atoms with van der Waals surface area (Å²) in [6, 6.07) is 2.34. The third kappa shape index (κ3) is 7.83. The first-order valence-electron chi connectivity index (χ1n) is 16.1. The molecule has 1 saturated heterocycles. The molecule has 11 nitrogen and oxygen atoms in total. The Kier molecular flexibility index (Phi) is 10.0. The van der Waals surface area contributed by atoms with Crippen LogP contribution in [0.5, 0.6) is 5.75 Å². The number of pyridine rings is 1. The number of nitrogens with zero attached hydrogens (tertiary/aromatic N) is 2. The van der Waals surface area contributed by atoms with Gasteiger partial charge in [0.15, 0.2) is 15.6 Å². The number of aromatic nitrogens is 1. The maximum Gasteiger partial charge on any atom is 0.306 e. The number of esters is 1. The van der Waals surface area contributed by atoms with Crippen LogP contribution in [0.25, 0.3) is 0 Å². The van der Waals surface area contributed by atoms with Gasteiger partial charge in [-0.25, -0.2) is 13.4 Å². The minimum Gasteiger partial charge on any atom is -0.488 e. The van der Waals surface area contributed by atoms with E-state index in [1.54, 1.807) is 24.4 Å². The summed E-state index contributed by atoms with van der Waals surface area (Å²) in [6.45, 7) is 9.48. The summed E-state index contributed by atoms with van der Waals surface area (Å²) in [5.74, 6) is -3.31. The summed E-state index contributed by atoms with van der Waals surface area (Å²) in [4.78, 5) is 60.4. The van der Waals surface area contributed by atoms with Gasteiger partial charge in [0.1, 0.15) is 39.9 Å². The number of hydrogen-bond donors (Lipinski definition) is 1. The van der Waals surface area contributed by atoms with E-state index in [-0.39, 0.29) is 37.8 Å². The molecule has 1 aliphatic heterocycles. The summed E-state index contributed by atoms with van der Waals surface area (Å²) in [7, 11) is -3.61. The van der Waals surface area contributed by atoms with Crippen LogP contribution in [0.3, 0.4) is 0 Å². The van der Waals surface area contributed by atoms with Gasteiger partial charge < -0.3 is 19.7 Å². The molecule has 0 unspecified atom stereocenters. The fourth-order valence-corrected chi connectivity index (χ4v) is 8.72. The lowest BCUT2D eigenvalue weighted by molar-refractivity contribution is -0.156. The zero-order chi connectivity index (χ0) is 33.4. The van der Waals surface area contributed by atoms with E-state index in [0.717, 1.165) is 25.7 Å². The zero-order valence-electron chi connectivity index (χ0n) is 26.7. The molecule has 1 N–H and O–H groups in total. The monoisotopic (exact) mass is 721 g/mol. The Balaban J connectivity index is 1.38. The van der Waals surface area contributed by atoms with Crippen LogP contribution in [0.2, 0.25) is 0 Å². The number of ketones is 1. The number of carbonyl (C=O) groups excluding carboxylic acids is 4. The van der Waals surface area contributed by atoms with E-state index in [1.165, 1.54) is 4.90 Å². The van der Waals surface area contributed by atoms with Crippen molar-refractivity contribution >= 4 is 49.3 Å². The Labute approximate surface area is 279 Å². The van der Waals surface area contributed by atoms with Crippen LogP contribution in [0.4, 0.5) is 0 Å². The van der Waals surface area contributed by atoms with Crippen molar-refractivity contribution in [3.8, 4) is 5.75 Å². The van der Waals surface area contributed by atoms with Crippen molar-refractivity contribution in [2.75, 3.05) is 12.3 Å². The molecule has 3 saturated carbocycles. The van der Waals surface area contributed by atoms with Crippen LogP contribution >= 0.6 is 15.9 Å². The van der Waals surface area contributed by atoms with Gasteiger partial charge in [-0.05, 0) is 72.4 Å². The van der Waals surface area contributed by atoms with Crippen molar-refractivity contribution in [3.63, 3.8) is 0 Å². The maximum absolute atomic E-state index is 14.3. The van der Waals surface area contributed by atoms with Gasteiger partial charge in [0.05, 0.1) is 24.1 Å². The molecule has 13 heteroatoms. The van der Waals surface area contributed by atoms with Crippen LogP contribution in [0.1, 0.15) is 78.6 Å². The summed E-state index contributed by atoms with van der Waals surface area (Å²) < 4.78 is 37.8. The third-order valence-corrected chi connectivity index (χ3v) is 12.3. The van der Waals surface area contributed by atoms with E-state index < -0.39 is 73.4 Å². The maximum atomic E-state index is 14.3. The number of likely N-dealkylation sites (tertiary alicyclic amines) is 1. The first-order valence-corrected chi connectivity index (χ1v) is 18.6. The van der Waals surface area contributed by atoms with E-state index in [4.69, 9.17) is 9.47 Å². The minimum atomic E-state index is -3.61. The molecule has 1 aromatic heterocycles. The first-order chi connectivity index (χ1) is 21.6. The molecule has 5 atom stereocenters. The number of carbonyl (C=O) groups is 4. The van der Waals surface area contributed by atoms with Gasteiger partial charge >= 0.3 is 5.97 Å². The van der Waals surface area contributed by atoms with Crippen LogP contribution in [-0.4, -0.2) is 83.2 Å². The van der Waals surface area contributed by atoms with Crippen LogP contribution < -0.4 is 10.1 Å². The molecule has 1 aromatic rings. The molecule has 0 radical (unpaired) electrons. The van der Waals surface area contributed by atoms with Crippen LogP contribution in [0, 0.1) is 17.3 Å². The molecule has 3 aliphatic carbocycles. The van der Waals surface area contributed by atoms with Gasteiger partial charge in [-0.1, -0.05) is 26.8 Å². The van der Waals surface area contributed by atoms with Crippen molar-refractivity contribution in [1.82, 2.24) is 15.2 Å². The number of nitrogens with one attached hydrogen (secondary N) is 1. The molecule has 2 amide bonds. The molecule has 0 spiro atoms. The number of rotatable bonds is 13. The largest absolute Gasteiger partial charge is 0.488 e. The third-order valence-electron chi connectivity index (χ3n) is 9.67. The Hall–Kier alpha value is -2.80. The quantitative estimate of drug-likeness (QED) is 0.182. The Morgan fingerprint density at radius 2 is 1.87 bits per heavy atom. The molecule has 4 fully saturated rings. The molecule has 5 rings (SSSR count). The first kappa shape index (κ1) is 34.5. The molecule has 4 aliphatic rings. The number of hydrogen-bond acceptors (Lipinski definition) is 9. The highest BCUT2D eigenvalue weighted by Gasteiger charge is 2.61. The predicted octanol–water partition coefficient (Wildman–Crippen LogP) is 3.94. The fourth-order valence-electron chi connectivity index (χ4n) is 6.66. The van der Waals surface area contributed by atoms with Gasteiger partial charge in [0.2, 0.25) is 11.8 Å². The highest BCUT2D eigenvalue weighted by Crippen LogP contribution is 2.46.